The molecule has 0 bridgehead atoms. The number of nitrogens with zero attached hydrogens (tertiary/aromatic N) is 2. The number of carbonyl (C=O) groups excluding carboxylic acids is 2. The van der Waals surface area contributed by atoms with Gasteiger partial charge < -0.3 is 5.32 Å². The van der Waals surface area contributed by atoms with Gasteiger partial charge in [0.25, 0.3) is 5.56 Å². The van der Waals surface area contributed by atoms with Crippen molar-refractivity contribution in [2.24, 2.45) is 0 Å². The van der Waals surface area contributed by atoms with Crippen LogP contribution in [0.25, 0.3) is 0 Å². The second-order valence-electron chi connectivity index (χ2n) is 5.79. The molecule has 2 atom stereocenters. The molecule has 0 fully saturated rings. The molecular weight excluding hydrogens is 325 g/mol. The van der Waals surface area contributed by atoms with Crippen molar-refractivity contribution in [1.29, 1.82) is 0 Å². The summed E-state index contributed by atoms with van der Waals surface area (Å²) in [5.74, 6) is -2.01. The molecule has 0 aliphatic rings. The molecule has 1 heterocycles. The topological polar surface area (TPSA) is 81.1 Å². The van der Waals surface area contributed by atoms with E-state index in [1.165, 1.54) is 23.9 Å². The average Bonchev–Trinajstić information content (AvgIpc) is 2.63. The summed E-state index contributed by atoms with van der Waals surface area (Å²) < 4.78 is 13.7. The largest absolute Gasteiger partial charge is 0.346 e. The van der Waals surface area contributed by atoms with Gasteiger partial charge in [0, 0.05) is 11.8 Å². The molecule has 1 amide bonds. The molecule has 0 radical (unpaired) electrons. The molecule has 0 spiro atoms. The fraction of sp³-hybridized carbons (Fsp3) is 0.333. The first kappa shape index (κ1) is 18.5. The van der Waals surface area contributed by atoms with Crippen molar-refractivity contribution in [3.05, 3.63) is 64.1 Å². The van der Waals surface area contributed by atoms with Gasteiger partial charge in [-0.15, -0.1) is 0 Å². The van der Waals surface area contributed by atoms with Crippen molar-refractivity contribution in [3.63, 3.8) is 0 Å². The van der Waals surface area contributed by atoms with Gasteiger partial charge in [-0.2, -0.15) is 5.10 Å². The second kappa shape index (κ2) is 8.32. The summed E-state index contributed by atoms with van der Waals surface area (Å²) in [6, 6.07) is 9.90. The van der Waals surface area contributed by atoms with Crippen LogP contribution < -0.4 is 10.9 Å². The zero-order valence-corrected chi connectivity index (χ0v) is 14.1. The lowest BCUT2D eigenvalue weighted by Crippen LogP contribution is -2.42. The molecule has 1 N–H and O–H groups in total. The number of halogens is 1. The lowest BCUT2D eigenvalue weighted by Gasteiger charge is -2.16. The fourth-order valence-electron chi connectivity index (χ4n) is 2.34. The number of hydrogen-bond acceptors (Lipinski definition) is 4. The zero-order valence-electron chi connectivity index (χ0n) is 14.1. The summed E-state index contributed by atoms with van der Waals surface area (Å²) in [7, 11) is 0. The van der Waals surface area contributed by atoms with Gasteiger partial charge in [-0.25, -0.2) is 9.07 Å². The number of hydrogen-bond donors (Lipinski definition) is 1. The molecule has 2 aromatic rings. The smallest absolute Gasteiger partial charge is 0.271 e. The van der Waals surface area contributed by atoms with Gasteiger partial charge in [-0.1, -0.05) is 30.3 Å². The van der Waals surface area contributed by atoms with Crippen LogP contribution in [-0.4, -0.2) is 34.2 Å². The lowest BCUT2D eigenvalue weighted by atomic mass is 10.0. The van der Waals surface area contributed by atoms with Crippen LogP contribution in [0.3, 0.4) is 0 Å². The normalized spacial score (nSPS) is 13.1. The van der Waals surface area contributed by atoms with E-state index in [-0.39, 0.29) is 11.1 Å². The van der Waals surface area contributed by atoms with Crippen LogP contribution in [0, 0.1) is 0 Å². The van der Waals surface area contributed by atoms with E-state index >= 15 is 0 Å². The summed E-state index contributed by atoms with van der Waals surface area (Å²) in [6.07, 6.45) is 1.46. The van der Waals surface area contributed by atoms with Crippen LogP contribution in [-0.2, 0) is 16.1 Å². The minimum Gasteiger partial charge on any atom is -0.346 e. The quantitative estimate of drug-likeness (QED) is 0.823. The van der Waals surface area contributed by atoms with Gasteiger partial charge in [0.05, 0.1) is 18.5 Å². The van der Waals surface area contributed by atoms with Gasteiger partial charge in [0.2, 0.25) is 5.91 Å². The number of amides is 1. The van der Waals surface area contributed by atoms with Crippen LogP contribution in [0.15, 0.2) is 47.4 Å². The molecule has 0 aliphatic carbocycles. The highest BCUT2D eigenvalue weighted by atomic mass is 19.1. The van der Waals surface area contributed by atoms with E-state index in [1.54, 1.807) is 6.92 Å². The zero-order chi connectivity index (χ0) is 18.4. The van der Waals surface area contributed by atoms with Crippen LogP contribution >= 0.6 is 0 Å². The molecule has 0 saturated heterocycles. The van der Waals surface area contributed by atoms with Crippen molar-refractivity contribution in [2.75, 3.05) is 6.67 Å². The maximum atomic E-state index is 12.6. The monoisotopic (exact) mass is 345 g/mol. The summed E-state index contributed by atoms with van der Waals surface area (Å²) in [5, 5.41) is 6.48. The molecule has 2 rings (SSSR count). The van der Waals surface area contributed by atoms with Crippen LogP contribution in [0.2, 0.25) is 0 Å². The molecule has 0 saturated carbocycles. The Morgan fingerprint density at radius 3 is 2.52 bits per heavy atom. The van der Waals surface area contributed by atoms with Gasteiger partial charge >= 0.3 is 0 Å². The number of alkyl halides is 1. The standard InChI is InChI=1S/C18H20FN3O3/c1-12(17(24)21-13(2)16(23)10-19)15-8-9-20-22(18(15)25)11-14-6-4-3-5-7-14/h3-9,12-13H,10-11H2,1-2H3,(H,21,24). The number of ketones is 1. The van der Waals surface area contributed by atoms with Crippen LogP contribution in [0.1, 0.15) is 30.9 Å². The summed E-state index contributed by atoms with van der Waals surface area (Å²) in [6.45, 7) is 2.12. The highest BCUT2D eigenvalue weighted by molar-refractivity contribution is 5.91. The maximum absolute atomic E-state index is 12.6. The molecule has 6 nitrogen and oxygen atoms in total. The first-order valence-corrected chi connectivity index (χ1v) is 7.93. The number of aromatic nitrogens is 2. The number of rotatable bonds is 7. The maximum Gasteiger partial charge on any atom is 0.271 e. The SMILES string of the molecule is CC(NC(=O)C(C)c1ccnn(Cc2ccccc2)c1=O)C(=O)CF. The number of Topliss-reactive ketones (excluding diaryl/α,β-unsaturated/α-hetero) is 1. The Morgan fingerprint density at radius 1 is 1.20 bits per heavy atom. The summed E-state index contributed by atoms with van der Waals surface area (Å²) in [5.41, 5.74) is 0.801. The molecular formula is C18H20FN3O3. The van der Waals surface area contributed by atoms with Crippen LogP contribution in [0.5, 0.6) is 0 Å². The van der Waals surface area contributed by atoms with Gasteiger partial charge in [0.1, 0.15) is 6.67 Å². The highest BCUT2D eigenvalue weighted by Crippen LogP contribution is 2.11. The number of nitrogens with one attached hydrogen (secondary N) is 1. The van der Waals surface area contributed by atoms with Crippen molar-refractivity contribution in [3.8, 4) is 0 Å². The van der Waals surface area contributed by atoms with E-state index in [2.05, 4.69) is 10.4 Å². The third-order valence-electron chi connectivity index (χ3n) is 3.95. The van der Waals surface area contributed by atoms with E-state index < -0.39 is 30.3 Å². The molecule has 25 heavy (non-hydrogen) atoms. The Labute approximate surface area is 144 Å². The van der Waals surface area contributed by atoms with E-state index in [4.69, 9.17) is 0 Å². The fourth-order valence-corrected chi connectivity index (χ4v) is 2.34. The molecule has 7 heteroatoms. The van der Waals surface area contributed by atoms with E-state index in [9.17, 15) is 18.8 Å². The molecule has 132 valence electrons. The highest BCUT2D eigenvalue weighted by Gasteiger charge is 2.23. The van der Waals surface area contributed by atoms with E-state index in [1.807, 2.05) is 30.3 Å². The Morgan fingerprint density at radius 2 is 1.88 bits per heavy atom. The average molecular weight is 345 g/mol. The molecule has 1 aromatic heterocycles. The minimum atomic E-state index is -1.14. The predicted octanol–water partition coefficient (Wildman–Crippen LogP) is 1.44. The predicted molar refractivity (Wildman–Crippen MR) is 91.0 cm³/mol. The van der Waals surface area contributed by atoms with E-state index in [0.717, 1.165) is 5.56 Å². The van der Waals surface area contributed by atoms with Crippen LogP contribution in [0.4, 0.5) is 4.39 Å². The number of carbonyl (C=O) groups is 2. The molecule has 1 aromatic carbocycles. The second-order valence-corrected chi connectivity index (χ2v) is 5.79. The summed E-state index contributed by atoms with van der Waals surface area (Å²) in [4.78, 5) is 36.1. The van der Waals surface area contributed by atoms with Crippen molar-refractivity contribution < 1.29 is 14.0 Å². The first-order valence-electron chi connectivity index (χ1n) is 7.93. The Bertz CT molecular complexity index is 805. The van der Waals surface area contributed by atoms with Crippen molar-refractivity contribution in [1.82, 2.24) is 15.1 Å². The lowest BCUT2D eigenvalue weighted by molar-refractivity contribution is -0.128. The van der Waals surface area contributed by atoms with Gasteiger partial charge in [-0.3, -0.25) is 14.4 Å². The third kappa shape index (κ3) is 4.59. The van der Waals surface area contributed by atoms with E-state index in [0.29, 0.717) is 6.54 Å². The summed E-state index contributed by atoms with van der Waals surface area (Å²) >= 11 is 0. The Hall–Kier alpha value is -2.83. The molecule has 0 aliphatic heterocycles. The number of benzene rings is 1. The minimum absolute atomic E-state index is 0.267. The first-order chi connectivity index (χ1) is 11.9. The van der Waals surface area contributed by atoms with Crippen molar-refractivity contribution >= 4 is 11.7 Å². The third-order valence-corrected chi connectivity index (χ3v) is 3.95. The Kier molecular flexibility index (Phi) is 6.16. The van der Waals surface area contributed by atoms with Crippen molar-refractivity contribution in [2.45, 2.75) is 32.4 Å². The Balaban J connectivity index is 2.19. The van der Waals surface area contributed by atoms with Gasteiger partial charge in [0.15, 0.2) is 5.78 Å². The van der Waals surface area contributed by atoms with Gasteiger partial charge in [-0.05, 0) is 25.5 Å². The molecule has 2 unspecified atom stereocenters.